The predicted molar refractivity (Wildman–Crippen MR) is 70.5 cm³/mol. The third kappa shape index (κ3) is 3.82. The number of hydrogen-bond acceptors (Lipinski definition) is 8. The average Bonchev–Trinajstić information content (AvgIpc) is 2.75. The van der Waals surface area contributed by atoms with E-state index in [0.29, 0.717) is 28.9 Å². The third-order valence-corrected chi connectivity index (χ3v) is 2.71. The molecule has 0 aromatic carbocycles. The Balaban J connectivity index is 2.22. The zero-order chi connectivity index (χ0) is 13.7. The van der Waals surface area contributed by atoms with E-state index >= 15 is 0 Å². The molecule has 0 fully saturated rings. The van der Waals surface area contributed by atoms with Gasteiger partial charge in [-0.1, -0.05) is 0 Å². The van der Waals surface area contributed by atoms with Crippen LogP contribution in [0.15, 0.2) is 21.1 Å². The fourth-order valence-electron chi connectivity index (χ4n) is 1.27. The Kier molecular flexibility index (Phi) is 4.56. The summed E-state index contributed by atoms with van der Waals surface area (Å²) >= 11 is 1.23. The summed E-state index contributed by atoms with van der Waals surface area (Å²) < 4.78 is 10.6. The minimum atomic E-state index is 0.291. The molecule has 2 aromatic heterocycles. The van der Waals surface area contributed by atoms with Crippen LogP contribution in [0.2, 0.25) is 0 Å². The van der Waals surface area contributed by atoms with Crippen LogP contribution in [0.3, 0.4) is 0 Å². The van der Waals surface area contributed by atoms with Crippen molar-refractivity contribution < 1.29 is 9.15 Å². The lowest BCUT2D eigenvalue weighted by molar-refractivity contribution is 0.308. The molecule has 7 nitrogen and oxygen atoms in total. The van der Waals surface area contributed by atoms with E-state index in [9.17, 15) is 0 Å². The van der Waals surface area contributed by atoms with Crippen LogP contribution >= 0.6 is 11.8 Å². The van der Waals surface area contributed by atoms with Crippen molar-refractivity contribution in [2.75, 3.05) is 18.5 Å². The zero-order valence-electron chi connectivity index (χ0n) is 11.0. The van der Waals surface area contributed by atoms with Crippen molar-refractivity contribution in [3.05, 3.63) is 12.0 Å². The van der Waals surface area contributed by atoms with Crippen molar-refractivity contribution >= 4 is 17.7 Å². The molecule has 0 amide bonds. The van der Waals surface area contributed by atoms with Crippen molar-refractivity contribution in [2.24, 2.45) is 0 Å². The summed E-state index contributed by atoms with van der Waals surface area (Å²) in [5.41, 5.74) is 0.813. The molecular weight excluding hydrogens is 266 g/mol. The molecule has 2 rings (SSSR count). The maximum Gasteiger partial charge on any atom is 0.322 e. The van der Waals surface area contributed by atoms with Crippen molar-refractivity contribution in [3.8, 4) is 6.01 Å². The fourth-order valence-corrected chi connectivity index (χ4v) is 1.97. The first-order valence-electron chi connectivity index (χ1n) is 5.94. The van der Waals surface area contributed by atoms with Gasteiger partial charge in [0, 0.05) is 18.3 Å². The van der Waals surface area contributed by atoms with E-state index in [1.165, 1.54) is 11.8 Å². The molecule has 0 unspecified atom stereocenters. The van der Waals surface area contributed by atoms with Gasteiger partial charge in [-0.15, -0.1) is 0 Å². The summed E-state index contributed by atoms with van der Waals surface area (Å²) in [7, 11) is 0. The van der Waals surface area contributed by atoms with E-state index in [0.717, 1.165) is 12.2 Å². The van der Waals surface area contributed by atoms with Gasteiger partial charge in [0.15, 0.2) is 0 Å². The molecule has 1 N–H and O–H groups in total. The van der Waals surface area contributed by atoms with E-state index in [4.69, 9.17) is 9.15 Å². The van der Waals surface area contributed by atoms with Gasteiger partial charge in [0.25, 0.3) is 5.22 Å². The first-order chi connectivity index (χ1) is 9.21. The molecular formula is C11H15N5O2S. The first kappa shape index (κ1) is 13.6. The molecule has 0 spiro atoms. The molecule has 0 atom stereocenters. The van der Waals surface area contributed by atoms with E-state index in [-0.39, 0.29) is 0 Å². The Bertz CT molecular complexity index is 521. The van der Waals surface area contributed by atoms with Crippen LogP contribution in [0.5, 0.6) is 6.01 Å². The number of hydrogen-bond donors (Lipinski definition) is 1. The summed E-state index contributed by atoms with van der Waals surface area (Å²) in [4.78, 5) is 16.8. The van der Waals surface area contributed by atoms with E-state index in [2.05, 4.69) is 25.3 Å². The molecule has 8 heteroatoms. The Labute approximate surface area is 115 Å². The Hall–Kier alpha value is -1.83. The molecule has 19 heavy (non-hydrogen) atoms. The highest BCUT2D eigenvalue weighted by atomic mass is 32.2. The van der Waals surface area contributed by atoms with Crippen LogP contribution in [0.25, 0.3) is 0 Å². The molecule has 0 saturated heterocycles. The largest absolute Gasteiger partial charge is 0.464 e. The highest BCUT2D eigenvalue weighted by Gasteiger charge is 2.11. The maximum absolute atomic E-state index is 5.31. The van der Waals surface area contributed by atoms with Gasteiger partial charge < -0.3 is 14.5 Å². The molecule has 0 bridgehead atoms. The van der Waals surface area contributed by atoms with Crippen molar-refractivity contribution in [1.82, 2.24) is 19.9 Å². The minimum absolute atomic E-state index is 0.291. The summed E-state index contributed by atoms with van der Waals surface area (Å²) in [5, 5.41) is 4.01. The smallest absolute Gasteiger partial charge is 0.322 e. The molecule has 0 aliphatic rings. The lowest BCUT2D eigenvalue weighted by Crippen LogP contribution is -2.07. The Morgan fingerprint density at radius 3 is 2.74 bits per heavy atom. The van der Waals surface area contributed by atoms with Crippen LogP contribution in [0, 0.1) is 6.92 Å². The quantitative estimate of drug-likeness (QED) is 0.862. The number of aromatic nitrogens is 4. The molecule has 102 valence electrons. The fraction of sp³-hybridized carbons (Fsp3) is 0.455. The summed E-state index contributed by atoms with van der Waals surface area (Å²) in [6, 6.07) is 0.291. The van der Waals surface area contributed by atoms with Gasteiger partial charge >= 0.3 is 6.01 Å². The number of nitrogens with one attached hydrogen (secondary N) is 1. The topological polar surface area (TPSA) is 86.0 Å². The van der Waals surface area contributed by atoms with E-state index in [1.807, 2.05) is 20.8 Å². The summed E-state index contributed by atoms with van der Waals surface area (Å²) in [6.45, 7) is 6.92. The molecule has 2 aromatic rings. The van der Waals surface area contributed by atoms with Crippen molar-refractivity contribution in [3.63, 3.8) is 0 Å². The summed E-state index contributed by atoms with van der Waals surface area (Å²) in [5.74, 6) is 0.478. The molecule has 0 saturated carbocycles. The van der Waals surface area contributed by atoms with E-state index in [1.54, 1.807) is 6.26 Å². The van der Waals surface area contributed by atoms with Crippen molar-refractivity contribution in [2.45, 2.75) is 31.2 Å². The number of aryl methyl sites for hydroxylation is 1. The highest BCUT2D eigenvalue weighted by Crippen LogP contribution is 2.25. The van der Waals surface area contributed by atoms with Gasteiger partial charge in [0.1, 0.15) is 6.26 Å². The number of rotatable bonds is 6. The monoisotopic (exact) mass is 281 g/mol. The number of oxazole rings is 1. The Morgan fingerprint density at radius 2 is 2.11 bits per heavy atom. The van der Waals surface area contributed by atoms with Crippen LogP contribution < -0.4 is 10.1 Å². The average molecular weight is 281 g/mol. The normalized spacial score (nSPS) is 10.5. The van der Waals surface area contributed by atoms with Gasteiger partial charge in [0.05, 0.1) is 12.3 Å². The highest BCUT2D eigenvalue weighted by molar-refractivity contribution is 7.98. The Morgan fingerprint density at radius 1 is 1.26 bits per heavy atom. The van der Waals surface area contributed by atoms with Gasteiger partial charge in [0.2, 0.25) is 11.1 Å². The lowest BCUT2D eigenvalue weighted by atomic mass is 10.6. The number of ether oxygens (including phenoxy) is 1. The van der Waals surface area contributed by atoms with Crippen LogP contribution in [0.1, 0.15) is 19.5 Å². The second-order valence-corrected chi connectivity index (χ2v) is 4.46. The maximum atomic E-state index is 5.31. The molecule has 0 radical (unpaired) electrons. The van der Waals surface area contributed by atoms with Gasteiger partial charge in [-0.3, -0.25) is 0 Å². The third-order valence-electron chi connectivity index (χ3n) is 1.98. The lowest BCUT2D eigenvalue weighted by Gasteiger charge is -2.06. The van der Waals surface area contributed by atoms with Gasteiger partial charge in [-0.25, -0.2) is 4.98 Å². The second kappa shape index (κ2) is 6.37. The van der Waals surface area contributed by atoms with E-state index < -0.39 is 0 Å². The standard InChI is InChI=1S/C11H15N5O2S/c1-4-12-8-14-9(17-5-2)16-10(15-8)19-11-13-7(3)6-18-11/h6H,4-5H2,1-3H3,(H,12,14,15,16). The van der Waals surface area contributed by atoms with Crippen LogP contribution in [-0.4, -0.2) is 33.1 Å². The number of nitrogens with zero attached hydrogens (tertiary/aromatic N) is 4. The minimum Gasteiger partial charge on any atom is -0.464 e. The van der Waals surface area contributed by atoms with Crippen molar-refractivity contribution in [1.29, 1.82) is 0 Å². The van der Waals surface area contributed by atoms with Gasteiger partial charge in [-0.2, -0.15) is 15.0 Å². The zero-order valence-corrected chi connectivity index (χ0v) is 11.8. The SMILES string of the molecule is CCNc1nc(OCC)nc(Sc2nc(C)co2)n1. The number of anilines is 1. The predicted octanol–water partition coefficient (Wildman–Crippen LogP) is 2.15. The summed E-state index contributed by atoms with van der Waals surface area (Å²) in [6.07, 6.45) is 1.58. The van der Waals surface area contributed by atoms with Crippen LogP contribution in [0.4, 0.5) is 5.95 Å². The molecule has 0 aliphatic heterocycles. The second-order valence-electron chi connectivity index (χ2n) is 3.54. The molecule has 0 aliphatic carbocycles. The van der Waals surface area contributed by atoms with Gasteiger partial charge in [-0.05, 0) is 20.8 Å². The first-order valence-corrected chi connectivity index (χ1v) is 6.75. The molecule has 2 heterocycles. The van der Waals surface area contributed by atoms with Crippen LogP contribution in [-0.2, 0) is 0 Å².